The zero-order chi connectivity index (χ0) is 11.6. The van der Waals surface area contributed by atoms with Gasteiger partial charge in [-0.2, -0.15) is 0 Å². The maximum Gasteiger partial charge on any atom is 0.332 e. The monoisotopic (exact) mass is 343 g/mol. The van der Waals surface area contributed by atoms with Gasteiger partial charge >= 0.3 is 5.97 Å². The first-order valence-electron chi connectivity index (χ1n) is 6.29. The number of halogens is 1. The molecule has 4 rings (SSSR count). The predicted molar refractivity (Wildman–Crippen MR) is 71.8 cm³/mol. The van der Waals surface area contributed by atoms with Crippen LogP contribution >= 0.6 is 22.6 Å². The van der Waals surface area contributed by atoms with Crippen molar-refractivity contribution in [2.75, 3.05) is 6.54 Å². The Morgan fingerprint density at radius 1 is 1.47 bits per heavy atom. The zero-order valence-electron chi connectivity index (χ0n) is 9.49. The summed E-state index contributed by atoms with van der Waals surface area (Å²) in [6.45, 7) is 1.16. The lowest BCUT2D eigenvalue weighted by atomic mass is 9.80. The molecule has 0 saturated carbocycles. The van der Waals surface area contributed by atoms with E-state index in [0.717, 1.165) is 18.5 Å². The van der Waals surface area contributed by atoms with E-state index in [-0.39, 0.29) is 11.6 Å². The third kappa shape index (κ3) is 1.23. The van der Waals surface area contributed by atoms with Gasteiger partial charge in [-0.25, -0.2) is 4.79 Å². The quantitative estimate of drug-likeness (QED) is 0.499. The summed E-state index contributed by atoms with van der Waals surface area (Å²) in [5, 5.41) is 0. The van der Waals surface area contributed by atoms with E-state index in [0.29, 0.717) is 12.1 Å². The van der Waals surface area contributed by atoms with Gasteiger partial charge in [-0.1, -0.05) is 12.5 Å². The van der Waals surface area contributed by atoms with Gasteiger partial charge in [-0.05, 0) is 42.0 Å². The van der Waals surface area contributed by atoms with E-state index in [9.17, 15) is 4.79 Å². The topological polar surface area (TPSA) is 29.5 Å². The van der Waals surface area contributed by atoms with Crippen LogP contribution in [0, 0.1) is 0 Å². The Balaban J connectivity index is 1.87. The molecule has 0 aromatic heterocycles. The summed E-state index contributed by atoms with van der Waals surface area (Å²) in [5.41, 5.74) is 0.849. The molecule has 2 saturated heterocycles. The molecule has 4 heteroatoms. The summed E-state index contributed by atoms with van der Waals surface area (Å²) in [5.74, 6) is -0.143. The standard InChI is InChI=1S/C13H14INO2/c14-10-5-8-7-13(9(10)6-12(16)17-13)11-3-1-2-4-15(8)11/h5-6,8,11H,1-4,7H2/t8-,11-,13+/m1/s1. The average molecular weight is 343 g/mol. The average Bonchev–Trinajstić information content (AvgIpc) is 2.79. The van der Waals surface area contributed by atoms with Crippen LogP contribution in [0.5, 0.6) is 0 Å². The SMILES string of the molecule is O=C1C=C2C(I)=C[C@@H]3C[C@@]2(O1)[C@H]1CCCCN31. The Morgan fingerprint density at radius 2 is 2.35 bits per heavy atom. The van der Waals surface area contributed by atoms with Crippen LogP contribution in [0.2, 0.25) is 0 Å². The summed E-state index contributed by atoms with van der Waals surface area (Å²) < 4.78 is 6.99. The minimum absolute atomic E-state index is 0.143. The van der Waals surface area contributed by atoms with Crippen LogP contribution in [0.25, 0.3) is 0 Å². The first-order chi connectivity index (χ1) is 8.21. The molecule has 3 aliphatic heterocycles. The Labute approximate surface area is 114 Å². The molecule has 0 aromatic rings. The molecular weight excluding hydrogens is 329 g/mol. The summed E-state index contributed by atoms with van der Waals surface area (Å²) in [6.07, 6.45) is 8.71. The normalized spacial score (nSPS) is 43.7. The highest BCUT2D eigenvalue weighted by molar-refractivity contribution is 14.1. The molecule has 0 N–H and O–H groups in total. The number of rotatable bonds is 0. The highest BCUT2D eigenvalue weighted by Gasteiger charge is 2.61. The molecule has 4 aliphatic rings. The van der Waals surface area contributed by atoms with Crippen molar-refractivity contribution in [2.24, 2.45) is 0 Å². The van der Waals surface area contributed by atoms with Crippen LogP contribution in [0.3, 0.4) is 0 Å². The number of hydrogen-bond acceptors (Lipinski definition) is 3. The largest absolute Gasteiger partial charge is 0.449 e. The molecule has 1 aliphatic carbocycles. The van der Waals surface area contributed by atoms with E-state index in [2.05, 4.69) is 33.6 Å². The van der Waals surface area contributed by atoms with Crippen LogP contribution in [0.1, 0.15) is 25.7 Å². The van der Waals surface area contributed by atoms with Crippen molar-refractivity contribution in [1.82, 2.24) is 4.90 Å². The maximum absolute atomic E-state index is 11.7. The first-order valence-corrected chi connectivity index (χ1v) is 7.37. The smallest absolute Gasteiger partial charge is 0.332 e. The van der Waals surface area contributed by atoms with E-state index in [1.807, 2.05) is 0 Å². The van der Waals surface area contributed by atoms with Crippen LogP contribution in [0.15, 0.2) is 21.3 Å². The summed E-state index contributed by atoms with van der Waals surface area (Å²) in [4.78, 5) is 14.2. The Bertz CT molecular complexity index is 470. The van der Waals surface area contributed by atoms with Gasteiger partial charge in [0.25, 0.3) is 0 Å². The Hall–Kier alpha value is -0.360. The van der Waals surface area contributed by atoms with Gasteiger partial charge in [-0.3, -0.25) is 4.90 Å². The van der Waals surface area contributed by atoms with E-state index in [1.165, 1.54) is 22.8 Å². The number of esters is 1. The van der Waals surface area contributed by atoms with Gasteiger partial charge in [0, 0.05) is 27.7 Å². The molecule has 2 bridgehead atoms. The molecule has 0 aromatic carbocycles. The van der Waals surface area contributed by atoms with E-state index >= 15 is 0 Å². The lowest BCUT2D eigenvalue weighted by Crippen LogP contribution is -2.48. The number of piperidine rings is 1. The van der Waals surface area contributed by atoms with Gasteiger partial charge in [0.15, 0.2) is 5.60 Å². The second kappa shape index (κ2) is 3.35. The van der Waals surface area contributed by atoms with Crippen LogP contribution in [-0.2, 0) is 9.53 Å². The van der Waals surface area contributed by atoms with Crippen LogP contribution < -0.4 is 0 Å². The van der Waals surface area contributed by atoms with Crippen molar-refractivity contribution in [1.29, 1.82) is 0 Å². The second-order valence-electron chi connectivity index (χ2n) is 5.40. The molecule has 17 heavy (non-hydrogen) atoms. The number of nitrogens with zero attached hydrogens (tertiary/aromatic N) is 1. The second-order valence-corrected chi connectivity index (χ2v) is 6.57. The van der Waals surface area contributed by atoms with Crippen molar-refractivity contribution >= 4 is 28.6 Å². The molecule has 3 heterocycles. The fourth-order valence-corrected chi connectivity index (χ4v) is 5.03. The highest BCUT2D eigenvalue weighted by Crippen LogP contribution is 2.54. The number of carbonyl (C=O) groups is 1. The number of carbonyl (C=O) groups excluding carboxylic acids is 1. The van der Waals surface area contributed by atoms with Crippen molar-refractivity contribution in [3.63, 3.8) is 0 Å². The van der Waals surface area contributed by atoms with Gasteiger partial charge in [0.05, 0.1) is 6.04 Å². The van der Waals surface area contributed by atoms with Crippen LogP contribution in [-0.4, -0.2) is 35.1 Å². The molecular formula is C13H14INO2. The molecule has 2 fully saturated rings. The highest BCUT2D eigenvalue weighted by atomic mass is 127. The Morgan fingerprint density at radius 3 is 3.24 bits per heavy atom. The number of ether oxygens (including phenoxy) is 1. The lowest BCUT2D eigenvalue weighted by Gasteiger charge is -2.38. The molecule has 0 radical (unpaired) electrons. The maximum atomic E-state index is 11.7. The van der Waals surface area contributed by atoms with Crippen molar-refractivity contribution in [3.8, 4) is 0 Å². The van der Waals surface area contributed by atoms with Gasteiger partial charge in [-0.15, -0.1) is 0 Å². The van der Waals surface area contributed by atoms with Crippen molar-refractivity contribution < 1.29 is 9.53 Å². The van der Waals surface area contributed by atoms with E-state index < -0.39 is 0 Å². The van der Waals surface area contributed by atoms with Gasteiger partial charge in [0.1, 0.15) is 0 Å². The fourth-order valence-electron chi connectivity index (χ4n) is 4.00. The molecule has 0 amide bonds. The third-order valence-electron chi connectivity index (χ3n) is 4.62. The summed E-state index contributed by atoms with van der Waals surface area (Å²) >= 11 is 2.36. The number of hydrogen-bond donors (Lipinski definition) is 0. The molecule has 3 atom stereocenters. The van der Waals surface area contributed by atoms with Crippen molar-refractivity contribution in [2.45, 2.75) is 43.4 Å². The number of fused-ring (bicyclic) bond motifs is 3. The van der Waals surface area contributed by atoms with Gasteiger partial charge in [0.2, 0.25) is 0 Å². The molecule has 90 valence electrons. The molecule has 1 spiro atoms. The molecule has 3 nitrogen and oxygen atoms in total. The minimum Gasteiger partial charge on any atom is -0.449 e. The van der Waals surface area contributed by atoms with Crippen molar-refractivity contribution in [3.05, 3.63) is 21.3 Å². The van der Waals surface area contributed by atoms with E-state index in [4.69, 9.17) is 4.74 Å². The minimum atomic E-state index is -0.298. The van der Waals surface area contributed by atoms with E-state index in [1.54, 1.807) is 6.08 Å². The summed E-state index contributed by atoms with van der Waals surface area (Å²) in [7, 11) is 0. The predicted octanol–water partition coefficient (Wildman–Crippen LogP) is 2.17. The van der Waals surface area contributed by atoms with Crippen LogP contribution in [0.4, 0.5) is 0 Å². The third-order valence-corrected chi connectivity index (χ3v) is 5.56. The fraction of sp³-hybridized carbons (Fsp3) is 0.615. The molecule has 0 unspecified atom stereocenters. The zero-order valence-corrected chi connectivity index (χ0v) is 11.6. The first kappa shape index (κ1) is 10.6. The summed E-state index contributed by atoms with van der Waals surface area (Å²) in [6, 6.07) is 0.901. The van der Waals surface area contributed by atoms with Gasteiger partial charge < -0.3 is 4.74 Å². The Kier molecular flexibility index (Phi) is 2.08. The lowest BCUT2D eigenvalue weighted by molar-refractivity contribution is -0.148.